The number of nitrogens with zero attached hydrogens (tertiary/aromatic N) is 1. The van der Waals surface area contributed by atoms with Gasteiger partial charge < -0.3 is 15.5 Å². The number of anilines is 1. The Labute approximate surface area is 181 Å². The zero-order chi connectivity index (χ0) is 21.6. The van der Waals surface area contributed by atoms with Crippen molar-refractivity contribution in [1.82, 2.24) is 4.98 Å². The summed E-state index contributed by atoms with van der Waals surface area (Å²) < 4.78 is 6.10. The summed E-state index contributed by atoms with van der Waals surface area (Å²) in [5.41, 5.74) is 10.4. The van der Waals surface area contributed by atoms with E-state index in [1.165, 1.54) is 0 Å². The lowest BCUT2D eigenvalue weighted by atomic mass is 10.1. The second kappa shape index (κ2) is 9.41. The van der Waals surface area contributed by atoms with Gasteiger partial charge in [-0.2, -0.15) is 0 Å². The van der Waals surface area contributed by atoms with E-state index in [9.17, 15) is 4.79 Å². The lowest BCUT2D eigenvalue weighted by Gasteiger charge is -2.09. The number of hydrogen-bond acceptors (Lipinski definition) is 4. The normalized spacial score (nSPS) is 11.8. The molecule has 0 unspecified atom stereocenters. The molecule has 1 heterocycles. The van der Waals surface area contributed by atoms with Gasteiger partial charge in [0.15, 0.2) is 11.7 Å². The summed E-state index contributed by atoms with van der Waals surface area (Å²) in [6.45, 7) is 1.91. The Hall–Kier alpha value is -3.70. The van der Waals surface area contributed by atoms with E-state index in [0.29, 0.717) is 18.1 Å². The molecular formula is C26H25N3O2. The molecule has 0 spiro atoms. The third kappa shape index (κ3) is 5.08. The number of benzene rings is 3. The molecule has 156 valence electrons. The quantitative estimate of drug-likeness (QED) is 0.415. The summed E-state index contributed by atoms with van der Waals surface area (Å²) in [7, 11) is 0. The highest BCUT2D eigenvalue weighted by atomic mass is 16.4. The maximum Gasteiger partial charge on any atom is 0.224 e. The zero-order valence-electron chi connectivity index (χ0n) is 17.4. The van der Waals surface area contributed by atoms with Crippen molar-refractivity contribution < 1.29 is 9.21 Å². The first-order chi connectivity index (χ1) is 15.1. The molecule has 0 bridgehead atoms. The van der Waals surface area contributed by atoms with E-state index in [1.54, 1.807) is 0 Å². The van der Waals surface area contributed by atoms with Gasteiger partial charge in [-0.15, -0.1) is 0 Å². The van der Waals surface area contributed by atoms with Crippen molar-refractivity contribution in [1.29, 1.82) is 0 Å². The van der Waals surface area contributed by atoms with Crippen molar-refractivity contribution in [2.45, 2.75) is 25.8 Å². The number of carbonyl (C=O) groups excluding carboxylic acids is 1. The van der Waals surface area contributed by atoms with Crippen LogP contribution in [0.15, 0.2) is 89.3 Å². The van der Waals surface area contributed by atoms with E-state index in [1.807, 2.05) is 91.9 Å². The average Bonchev–Trinajstić information content (AvgIpc) is 3.23. The van der Waals surface area contributed by atoms with Crippen LogP contribution in [0.2, 0.25) is 0 Å². The molecule has 0 aliphatic rings. The Kier molecular flexibility index (Phi) is 6.24. The second-order valence-corrected chi connectivity index (χ2v) is 7.48. The Morgan fingerprint density at radius 1 is 0.968 bits per heavy atom. The minimum absolute atomic E-state index is 0.0861. The summed E-state index contributed by atoms with van der Waals surface area (Å²) in [6, 6.07) is 27.3. The van der Waals surface area contributed by atoms with Gasteiger partial charge >= 0.3 is 0 Å². The topological polar surface area (TPSA) is 81.1 Å². The van der Waals surface area contributed by atoms with Gasteiger partial charge in [0, 0.05) is 35.7 Å². The van der Waals surface area contributed by atoms with E-state index in [4.69, 9.17) is 15.1 Å². The molecule has 4 rings (SSSR count). The largest absolute Gasteiger partial charge is 0.440 e. The first-order valence-corrected chi connectivity index (χ1v) is 10.4. The highest BCUT2D eigenvalue weighted by Gasteiger charge is 2.17. The minimum atomic E-state index is -0.0949. The molecule has 5 nitrogen and oxygen atoms in total. The third-order valence-electron chi connectivity index (χ3n) is 5.02. The minimum Gasteiger partial charge on any atom is -0.440 e. The van der Waals surface area contributed by atoms with E-state index in [2.05, 4.69) is 5.32 Å². The van der Waals surface area contributed by atoms with Gasteiger partial charge in [-0.3, -0.25) is 4.79 Å². The number of nitrogens with two attached hydrogens (primary N) is 1. The number of hydrogen-bond donors (Lipinski definition) is 2. The summed E-state index contributed by atoms with van der Waals surface area (Å²) in [5, 5.41) is 2.93. The van der Waals surface area contributed by atoms with Crippen LogP contribution in [0.25, 0.3) is 22.6 Å². The van der Waals surface area contributed by atoms with Crippen LogP contribution in [0.4, 0.5) is 5.69 Å². The highest BCUT2D eigenvalue weighted by Crippen LogP contribution is 2.32. The van der Waals surface area contributed by atoms with Crippen LogP contribution in [0.1, 0.15) is 30.8 Å². The second-order valence-electron chi connectivity index (χ2n) is 7.48. The fourth-order valence-electron chi connectivity index (χ4n) is 3.39. The fraction of sp³-hybridized carbons (Fsp3) is 0.154. The summed E-state index contributed by atoms with van der Waals surface area (Å²) in [6.07, 6.45) is 0.677. The van der Waals surface area contributed by atoms with E-state index >= 15 is 0 Å². The Bertz CT molecular complexity index is 1090. The molecule has 1 amide bonds. The van der Waals surface area contributed by atoms with Crippen molar-refractivity contribution in [3.8, 4) is 22.6 Å². The fourth-order valence-corrected chi connectivity index (χ4v) is 3.39. The number of aryl methyl sites for hydroxylation is 1. The molecule has 0 fully saturated rings. The number of aromatic nitrogens is 1. The predicted octanol–water partition coefficient (Wildman–Crippen LogP) is 5.60. The maximum absolute atomic E-state index is 12.5. The maximum atomic E-state index is 12.5. The van der Waals surface area contributed by atoms with Gasteiger partial charge in [-0.25, -0.2) is 4.98 Å². The third-order valence-corrected chi connectivity index (χ3v) is 5.02. The number of amides is 1. The average molecular weight is 412 g/mol. The number of oxazole rings is 1. The molecule has 0 aliphatic heterocycles. The Balaban J connectivity index is 1.51. The standard InChI is InChI=1S/C26H25N3O2/c1-18(27)21-13-8-14-22(17-21)28-23(30)15-16-24-29-25(19-9-4-2-5-10-19)26(31-24)20-11-6-3-7-12-20/h2-14,17-18H,15-16,27H2,1H3,(H,28,30)/t18-/m0/s1. The Morgan fingerprint density at radius 3 is 2.32 bits per heavy atom. The molecule has 3 N–H and O–H groups in total. The SMILES string of the molecule is C[C@H](N)c1cccc(NC(=O)CCc2nc(-c3ccccc3)c(-c3ccccc3)o2)c1. The van der Waals surface area contributed by atoms with E-state index in [0.717, 1.165) is 28.1 Å². The molecular weight excluding hydrogens is 386 g/mol. The number of carbonyl (C=O) groups is 1. The lowest BCUT2D eigenvalue weighted by molar-refractivity contribution is -0.116. The van der Waals surface area contributed by atoms with Crippen LogP contribution in [-0.4, -0.2) is 10.9 Å². The van der Waals surface area contributed by atoms with Crippen LogP contribution in [0.5, 0.6) is 0 Å². The van der Waals surface area contributed by atoms with Crippen molar-refractivity contribution in [2.24, 2.45) is 5.73 Å². The smallest absolute Gasteiger partial charge is 0.224 e. The molecule has 31 heavy (non-hydrogen) atoms. The molecule has 5 heteroatoms. The van der Waals surface area contributed by atoms with Crippen molar-refractivity contribution in [3.63, 3.8) is 0 Å². The van der Waals surface area contributed by atoms with Crippen molar-refractivity contribution in [3.05, 3.63) is 96.4 Å². The first-order valence-electron chi connectivity index (χ1n) is 10.4. The van der Waals surface area contributed by atoms with Crippen molar-refractivity contribution in [2.75, 3.05) is 5.32 Å². The molecule has 1 aromatic heterocycles. The highest BCUT2D eigenvalue weighted by molar-refractivity contribution is 5.90. The van der Waals surface area contributed by atoms with Crippen LogP contribution < -0.4 is 11.1 Å². The van der Waals surface area contributed by atoms with Gasteiger partial charge in [-0.1, -0.05) is 72.8 Å². The van der Waals surface area contributed by atoms with E-state index < -0.39 is 0 Å². The molecule has 0 saturated heterocycles. The lowest BCUT2D eigenvalue weighted by Crippen LogP contribution is -2.13. The summed E-state index contributed by atoms with van der Waals surface area (Å²) in [4.78, 5) is 17.2. The van der Waals surface area contributed by atoms with Gasteiger partial charge in [0.2, 0.25) is 5.91 Å². The summed E-state index contributed by atoms with van der Waals surface area (Å²) >= 11 is 0. The van der Waals surface area contributed by atoms with Gasteiger partial charge in [-0.05, 0) is 24.6 Å². The first kappa shape index (κ1) is 20.6. The van der Waals surface area contributed by atoms with Gasteiger partial charge in [0.1, 0.15) is 5.69 Å². The van der Waals surface area contributed by atoms with Crippen LogP contribution in [0.3, 0.4) is 0 Å². The number of nitrogens with one attached hydrogen (secondary N) is 1. The number of rotatable bonds is 7. The molecule has 3 aromatic carbocycles. The van der Waals surface area contributed by atoms with Crippen molar-refractivity contribution >= 4 is 11.6 Å². The van der Waals surface area contributed by atoms with Gasteiger partial charge in [0.25, 0.3) is 0 Å². The van der Waals surface area contributed by atoms with Crippen LogP contribution >= 0.6 is 0 Å². The monoisotopic (exact) mass is 411 g/mol. The Morgan fingerprint density at radius 2 is 1.65 bits per heavy atom. The summed E-state index contributed by atoms with van der Waals surface area (Å²) in [5.74, 6) is 1.16. The van der Waals surface area contributed by atoms with Gasteiger partial charge in [0.05, 0.1) is 0 Å². The zero-order valence-corrected chi connectivity index (χ0v) is 17.4. The molecule has 0 radical (unpaired) electrons. The molecule has 4 aromatic rings. The van der Waals surface area contributed by atoms with E-state index in [-0.39, 0.29) is 18.4 Å². The predicted molar refractivity (Wildman–Crippen MR) is 123 cm³/mol. The van der Waals surface area contributed by atoms with Crippen LogP contribution in [-0.2, 0) is 11.2 Å². The molecule has 0 aliphatic carbocycles. The molecule has 0 saturated carbocycles. The molecule has 1 atom stereocenters. The van der Waals surface area contributed by atoms with Crippen LogP contribution in [0, 0.1) is 0 Å².